The van der Waals surface area contributed by atoms with Gasteiger partial charge in [0.05, 0.1) is 0 Å². The standard InChI is InChI=1S/C20H15F3N2O2/c1-2-6-25-11-13-8-17(26)18(27-20(22)23)9-15(13)19(16(25)10-24)12-4-3-5-14(21)7-12/h2-5,7,9,11,18,20H,1,6,8H2. The minimum Gasteiger partial charge on any atom is -0.335 e. The van der Waals surface area contributed by atoms with E-state index in [-0.39, 0.29) is 12.1 Å². The first-order valence-corrected chi connectivity index (χ1v) is 8.12. The van der Waals surface area contributed by atoms with Gasteiger partial charge in [0.1, 0.15) is 23.7 Å². The zero-order valence-corrected chi connectivity index (χ0v) is 14.2. The van der Waals surface area contributed by atoms with Gasteiger partial charge in [-0.25, -0.2) is 4.39 Å². The summed E-state index contributed by atoms with van der Waals surface area (Å²) in [6, 6.07) is 7.70. The van der Waals surface area contributed by atoms with Crippen LogP contribution >= 0.6 is 0 Å². The number of fused-ring (bicyclic) bond motifs is 1. The van der Waals surface area contributed by atoms with E-state index in [9.17, 15) is 23.2 Å². The summed E-state index contributed by atoms with van der Waals surface area (Å²) in [6.07, 6.45) is 2.91. The average molecular weight is 372 g/mol. The van der Waals surface area contributed by atoms with Crippen molar-refractivity contribution in [2.45, 2.75) is 19.1 Å². The first-order valence-electron chi connectivity index (χ1n) is 8.12. The number of allylic oxidation sites excluding steroid dienone is 4. The SMILES string of the molecule is C=CCN1C=C2CC(=O)C(OC(F)F)C=C2C(c2cccc(F)c2)=C1C#N. The van der Waals surface area contributed by atoms with Crippen molar-refractivity contribution in [1.82, 2.24) is 4.90 Å². The Morgan fingerprint density at radius 3 is 2.85 bits per heavy atom. The van der Waals surface area contributed by atoms with Crippen LogP contribution < -0.4 is 0 Å². The molecule has 1 aromatic carbocycles. The van der Waals surface area contributed by atoms with Crippen molar-refractivity contribution in [3.8, 4) is 6.07 Å². The molecule has 1 aliphatic heterocycles. The number of carbonyl (C=O) groups is 1. The normalized spacial score (nSPS) is 19.4. The molecule has 7 heteroatoms. The Bertz CT molecular complexity index is 925. The number of Topliss-reactive ketones (excluding diaryl/α,β-unsaturated/α-hetero) is 1. The van der Waals surface area contributed by atoms with Crippen molar-refractivity contribution in [3.05, 3.63) is 77.4 Å². The Hall–Kier alpha value is -3.11. The molecule has 4 nitrogen and oxygen atoms in total. The highest BCUT2D eigenvalue weighted by Crippen LogP contribution is 2.41. The van der Waals surface area contributed by atoms with E-state index in [4.69, 9.17) is 0 Å². The summed E-state index contributed by atoms with van der Waals surface area (Å²) in [7, 11) is 0. The second-order valence-electron chi connectivity index (χ2n) is 5.98. The van der Waals surface area contributed by atoms with Gasteiger partial charge in [-0.05, 0) is 34.9 Å². The number of hydrogen-bond acceptors (Lipinski definition) is 4. The van der Waals surface area contributed by atoms with Crippen molar-refractivity contribution in [2.24, 2.45) is 0 Å². The Balaban J connectivity index is 2.21. The lowest BCUT2D eigenvalue weighted by atomic mass is 9.81. The minimum absolute atomic E-state index is 0.131. The number of benzene rings is 1. The lowest BCUT2D eigenvalue weighted by Gasteiger charge is -2.33. The first kappa shape index (κ1) is 18.7. The van der Waals surface area contributed by atoms with E-state index in [1.165, 1.54) is 24.3 Å². The number of ketones is 1. The van der Waals surface area contributed by atoms with Crippen LogP contribution in [0.15, 0.2) is 66.0 Å². The molecule has 2 aliphatic rings. The summed E-state index contributed by atoms with van der Waals surface area (Å²) in [5.74, 6) is -1.01. The van der Waals surface area contributed by atoms with Crippen molar-refractivity contribution >= 4 is 11.4 Å². The molecule has 0 radical (unpaired) electrons. The maximum absolute atomic E-state index is 13.8. The van der Waals surface area contributed by atoms with Crippen LogP contribution in [-0.2, 0) is 9.53 Å². The molecular weight excluding hydrogens is 357 g/mol. The van der Waals surface area contributed by atoms with Crippen LogP contribution in [0, 0.1) is 17.1 Å². The number of nitrogens with zero attached hydrogens (tertiary/aromatic N) is 2. The first-order chi connectivity index (χ1) is 12.9. The molecule has 3 rings (SSSR count). The van der Waals surface area contributed by atoms with Crippen LogP contribution in [0.25, 0.3) is 5.57 Å². The molecule has 0 spiro atoms. The second kappa shape index (κ2) is 7.64. The molecule has 0 saturated carbocycles. The highest BCUT2D eigenvalue weighted by atomic mass is 19.3. The monoisotopic (exact) mass is 372 g/mol. The van der Waals surface area contributed by atoms with Crippen molar-refractivity contribution in [3.63, 3.8) is 0 Å². The fourth-order valence-electron chi connectivity index (χ4n) is 3.18. The molecule has 0 amide bonds. The fraction of sp³-hybridized carbons (Fsp3) is 0.200. The Kier molecular flexibility index (Phi) is 5.28. The van der Waals surface area contributed by atoms with Crippen LogP contribution in [0.3, 0.4) is 0 Å². The topological polar surface area (TPSA) is 53.3 Å². The number of halogens is 3. The van der Waals surface area contributed by atoms with Crippen molar-refractivity contribution in [1.29, 1.82) is 5.26 Å². The zero-order chi connectivity index (χ0) is 19.6. The summed E-state index contributed by atoms with van der Waals surface area (Å²) < 4.78 is 43.5. The van der Waals surface area contributed by atoms with E-state index in [2.05, 4.69) is 17.4 Å². The van der Waals surface area contributed by atoms with Gasteiger partial charge in [0.15, 0.2) is 5.78 Å². The quantitative estimate of drug-likeness (QED) is 0.735. The van der Waals surface area contributed by atoms with E-state index in [0.717, 1.165) is 0 Å². The molecule has 138 valence electrons. The molecule has 0 saturated heterocycles. The molecule has 1 aromatic rings. The third-order valence-corrected chi connectivity index (χ3v) is 4.25. The van der Waals surface area contributed by atoms with Gasteiger partial charge in [-0.1, -0.05) is 18.2 Å². The molecule has 27 heavy (non-hydrogen) atoms. The van der Waals surface area contributed by atoms with Gasteiger partial charge in [-0.3, -0.25) is 4.79 Å². The number of ether oxygens (including phenoxy) is 1. The third kappa shape index (κ3) is 3.71. The molecule has 1 heterocycles. The molecule has 0 N–H and O–H groups in total. The highest BCUT2D eigenvalue weighted by molar-refractivity contribution is 5.98. The summed E-state index contributed by atoms with van der Waals surface area (Å²) in [5.41, 5.74) is 1.95. The number of hydrogen-bond donors (Lipinski definition) is 0. The van der Waals surface area contributed by atoms with Crippen LogP contribution in [0.4, 0.5) is 13.2 Å². The van der Waals surface area contributed by atoms with Gasteiger partial charge in [-0.2, -0.15) is 14.0 Å². The van der Waals surface area contributed by atoms with Crippen LogP contribution in [0.1, 0.15) is 12.0 Å². The van der Waals surface area contributed by atoms with Crippen LogP contribution in [0.2, 0.25) is 0 Å². The van der Waals surface area contributed by atoms with Crippen molar-refractivity contribution < 1.29 is 22.7 Å². The van der Waals surface area contributed by atoms with Gasteiger partial charge in [0, 0.05) is 24.7 Å². The molecular formula is C20H15F3N2O2. The Morgan fingerprint density at radius 2 is 2.22 bits per heavy atom. The van der Waals surface area contributed by atoms with Gasteiger partial charge in [0.25, 0.3) is 0 Å². The van der Waals surface area contributed by atoms with E-state index in [1.54, 1.807) is 23.2 Å². The van der Waals surface area contributed by atoms with Crippen LogP contribution in [0.5, 0.6) is 0 Å². The van der Waals surface area contributed by atoms with Gasteiger partial charge < -0.3 is 9.64 Å². The molecule has 0 bridgehead atoms. The maximum Gasteiger partial charge on any atom is 0.346 e. The van der Waals surface area contributed by atoms with Crippen LogP contribution in [-0.4, -0.2) is 29.9 Å². The van der Waals surface area contributed by atoms with Crippen molar-refractivity contribution in [2.75, 3.05) is 6.54 Å². The second-order valence-corrected chi connectivity index (χ2v) is 5.98. The predicted molar refractivity (Wildman–Crippen MR) is 92.5 cm³/mol. The minimum atomic E-state index is -3.11. The smallest absolute Gasteiger partial charge is 0.335 e. The fourth-order valence-corrected chi connectivity index (χ4v) is 3.18. The molecule has 0 aromatic heterocycles. The van der Waals surface area contributed by atoms with E-state index < -0.39 is 24.3 Å². The average Bonchev–Trinajstić information content (AvgIpc) is 2.61. The molecule has 0 fully saturated rings. The lowest BCUT2D eigenvalue weighted by molar-refractivity contribution is -0.165. The summed E-state index contributed by atoms with van der Waals surface area (Å²) in [4.78, 5) is 13.8. The summed E-state index contributed by atoms with van der Waals surface area (Å²) >= 11 is 0. The number of nitriles is 1. The highest BCUT2D eigenvalue weighted by Gasteiger charge is 2.34. The maximum atomic E-state index is 13.8. The van der Waals surface area contributed by atoms with Gasteiger partial charge in [0.2, 0.25) is 0 Å². The number of carbonyl (C=O) groups excluding carboxylic acids is 1. The zero-order valence-electron chi connectivity index (χ0n) is 14.2. The van der Waals surface area contributed by atoms with E-state index >= 15 is 0 Å². The third-order valence-electron chi connectivity index (χ3n) is 4.25. The Morgan fingerprint density at radius 1 is 1.44 bits per heavy atom. The molecule has 1 atom stereocenters. The lowest BCUT2D eigenvalue weighted by Crippen LogP contribution is -2.32. The summed E-state index contributed by atoms with van der Waals surface area (Å²) in [6.45, 7) is 0.835. The van der Waals surface area contributed by atoms with E-state index in [1.807, 2.05) is 0 Å². The summed E-state index contributed by atoms with van der Waals surface area (Å²) in [5, 5.41) is 9.69. The largest absolute Gasteiger partial charge is 0.346 e. The Labute approximate surface area is 154 Å². The van der Waals surface area contributed by atoms with Gasteiger partial charge >= 0.3 is 6.61 Å². The number of rotatable bonds is 5. The van der Waals surface area contributed by atoms with E-state index in [0.29, 0.717) is 28.8 Å². The molecule has 1 unspecified atom stereocenters. The number of alkyl halides is 2. The van der Waals surface area contributed by atoms with Gasteiger partial charge in [-0.15, -0.1) is 6.58 Å². The predicted octanol–water partition coefficient (Wildman–Crippen LogP) is 3.95. The molecule has 1 aliphatic carbocycles.